The van der Waals surface area contributed by atoms with E-state index in [1.54, 1.807) is 20.8 Å². The number of carbonyl (C=O) groups is 3. The third kappa shape index (κ3) is 28.2. The van der Waals surface area contributed by atoms with Gasteiger partial charge in [0.1, 0.15) is 13.2 Å². The second kappa shape index (κ2) is 27.7. The van der Waals surface area contributed by atoms with E-state index in [1.165, 1.54) is 96.3 Å². The summed E-state index contributed by atoms with van der Waals surface area (Å²) in [6.45, 7) is 18.0. The molecule has 0 N–H and O–H groups in total. The largest absolute Gasteiger partial charge is 0.462 e. The van der Waals surface area contributed by atoms with Crippen molar-refractivity contribution in [2.24, 2.45) is 0 Å². The lowest BCUT2D eigenvalue weighted by Crippen LogP contribution is -2.14. The summed E-state index contributed by atoms with van der Waals surface area (Å²) in [5.41, 5.74) is 1.12. The highest BCUT2D eigenvalue weighted by atomic mass is 16.6. The highest BCUT2D eigenvalue weighted by Gasteiger charge is 2.05. The molecule has 0 aliphatic rings. The molecule has 0 saturated carbocycles. The van der Waals surface area contributed by atoms with Gasteiger partial charge in [-0.2, -0.15) is 0 Å². The zero-order valence-corrected chi connectivity index (χ0v) is 25.0. The minimum atomic E-state index is -0.489. The smallest absolute Gasteiger partial charge is 0.333 e. The average Bonchev–Trinajstić information content (AvgIpc) is 2.88. The van der Waals surface area contributed by atoms with Crippen LogP contribution in [0.2, 0.25) is 0 Å². The van der Waals surface area contributed by atoms with Crippen molar-refractivity contribution in [1.82, 2.24) is 0 Å². The van der Waals surface area contributed by atoms with Crippen molar-refractivity contribution in [1.29, 1.82) is 0 Å². The van der Waals surface area contributed by atoms with Crippen LogP contribution in [0.15, 0.2) is 36.5 Å². The number of unbranched alkanes of at least 4 members (excludes halogenated alkanes) is 15. The predicted molar refractivity (Wildman–Crippen MR) is 157 cm³/mol. The summed E-state index contributed by atoms with van der Waals surface area (Å²) < 4.78 is 14.5. The van der Waals surface area contributed by atoms with Gasteiger partial charge in [-0.15, -0.1) is 0 Å². The zero-order valence-electron chi connectivity index (χ0n) is 25.0. The number of carbonyl (C=O) groups excluding carboxylic acids is 3. The van der Waals surface area contributed by atoms with E-state index in [0.717, 1.165) is 6.42 Å². The molecule has 0 aliphatic carbocycles. The van der Waals surface area contributed by atoms with Gasteiger partial charge in [-0.3, -0.25) is 0 Å². The van der Waals surface area contributed by atoms with Crippen LogP contribution in [0, 0.1) is 0 Å². The Balaban J connectivity index is 0. The second-order valence-electron chi connectivity index (χ2n) is 10.1. The zero-order chi connectivity index (χ0) is 29.0. The summed E-state index contributed by atoms with van der Waals surface area (Å²) in [6, 6.07) is 0. The molecule has 0 aliphatic heterocycles. The first-order valence-corrected chi connectivity index (χ1v) is 14.6. The third-order valence-electron chi connectivity index (χ3n) is 5.83. The molecule has 0 aromatic carbocycles. The average molecular weight is 537 g/mol. The maximum absolute atomic E-state index is 11.2. The molecule has 0 aromatic rings. The summed E-state index contributed by atoms with van der Waals surface area (Å²) in [4.78, 5) is 32.9. The Hall–Kier alpha value is -2.37. The standard InChI is InChI=1S/C22H42O2.C10H14O4/c1-4-5-6-7-8-9-10-11-12-13-14-15-16-17-18-19-20-24-22(23)21(2)3;1-7(2)9(11)13-5-6-14-10(12)8(3)4/h2,4-20H2,1,3H3;1,3,5-6H2,2,4H3. The molecule has 0 fully saturated rings. The Kier molecular flexibility index (Phi) is 27.5. The topological polar surface area (TPSA) is 78.9 Å². The maximum atomic E-state index is 11.2. The Labute approximate surface area is 233 Å². The molecule has 0 bridgehead atoms. The van der Waals surface area contributed by atoms with Crippen molar-refractivity contribution in [3.63, 3.8) is 0 Å². The summed E-state index contributed by atoms with van der Waals surface area (Å²) in [5.74, 6) is -1.23. The molecule has 0 unspecified atom stereocenters. The first-order valence-electron chi connectivity index (χ1n) is 14.6. The van der Waals surface area contributed by atoms with E-state index in [-0.39, 0.29) is 19.2 Å². The van der Waals surface area contributed by atoms with Gasteiger partial charge >= 0.3 is 17.9 Å². The molecule has 0 atom stereocenters. The van der Waals surface area contributed by atoms with Crippen LogP contribution < -0.4 is 0 Å². The molecule has 6 heteroatoms. The molecule has 220 valence electrons. The molecule has 0 rings (SSSR count). The minimum absolute atomic E-state index is 0.0325. The van der Waals surface area contributed by atoms with E-state index in [4.69, 9.17) is 4.74 Å². The molecule has 0 heterocycles. The number of hydrogen-bond donors (Lipinski definition) is 0. The fraction of sp³-hybridized carbons (Fsp3) is 0.719. The normalized spacial score (nSPS) is 10.1. The van der Waals surface area contributed by atoms with Crippen LogP contribution in [0.25, 0.3) is 0 Å². The van der Waals surface area contributed by atoms with Gasteiger partial charge in [-0.25, -0.2) is 14.4 Å². The van der Waals surface area contributed by atoms with Gasteiger partial charge in [0, 0.05) is 16.7 Å². The number of hydrogen-bond acceptors (Lipinski definition) is 6. The van der Waals surface area contributed by atoms with E-state index in [9.17, 15) is 14.4 Å². The van der Waals surface area contributed by atoms with Crippen molar-refractivity contribution in [2.45, 2.75) is 130 Å². The van der Waals surface area contributed by atoms with Gasteiger partial charge in [0.15, 0.2) is 0 Å². The van der Waals surface area contributed by atoms with E-state index >= 15 is 0 Å². The SMILES string of the molecule is C=C(C)C(=O)OCCCCCCCCCCCCCCCCCC.C=C(C)C(=O)OCCOC(=O)C(=C)C. The van der Waals surface area contributed by atoms with E-state index in [1.807, 2.05) is 0 Å². The van der Waals surface area contributed by atoms with E-state index < -0.39 is 11.9 Å². The van der Waals surface area contributed by atoms with E-state index in [0.29, 0.717) is 23.3 Å². The number of rotatable bonds is 23. The van der Waals surface area contributed by atoms with Crippen LogP contribution in [0.5, 0.6) is 0 Å². The highest BCUT2D eigenvalue weighted by molar-refractivity contribution is 5.87. The lowest BCUT2D eigenvalue weighted by molar-refractivity contribution is -0.147. The van der Waals surface area contributed by atoms with Crippen molar-refractivity contribution in [3.05, 3.63) is 36.5 Å². The van der Waals surface area contributed by atoms with Gasteiger partial charge in [0.05, 0.1) is 6.61 Å². The van der Waals surface area contributed by atoms with E-state index in [2.05, 4.69) is 36.1 Å². The molecular weight excluding hydrogens is 480 g/mol. The number of esters is 3. The van der Waals surface area contributed by atoms with Crippen LogP contribution in [0.1, 0.15) is 130 Å². The maximum Gasteiger partial charge on any atom is 0.333 e. The van der Waals surface area contributed by atoms with Crippen LogP contribution in [-0.4, -0.2) is 37.7 Å². The molecule has 0 radical (unpaired) electrons. The van der Waals surface area contributed by atoms with Gasteiger partial charge in [0.25, 0.3) is 0 Å². The Morgan fingerprint density at radius 3 is 0.921 bits per heavy atom. The van der Waals surface area contributed by atoms with Crippen molar-refractivity contribution in [3.8, 4) is 0 Å². The lowest BCUT2D eigenvalue weighted by Gasteiger charge is -2.05. The quantitative estimate of drug-likeness (QED) is 0.0563. The Morgan fingerprint density at radius 2 is 0.658 bits per heavy atom. The summed E-state index contributed by atoms with van der Waals surface area (Å²) in [5, 5.41) is 0. The van der Waals surface area contributed by atoms with Gasteiger partial charge < -0.3 is 14.2 Å². The fourth-order valence-electron chi connectivity index (χ4n) is 3.45. The van der Waals surface area contributed by atoms with Gasteiger partial charge in [-0.05, 0) is 27.2 Å². The lowest BCUT2D eigenvalue weighted by atomic mass is 10.0. The van der Waals surface area contributed by atoms with Crippen LogP contribution in [0.4, 0.5) is 0 Å². The van der Waals surface area contributed by atoms with Crippen molar-refractivity contribution >= 4 is 17.9 Å². The highest BCUT2D eigenvalue weighted by Crippen LogP contribution is 2.13. The number of ether oxygens (including phenoxy) is 3. The molecular formula is C32H56O6. The Morgan fingerprint density at radius 1 is 0.421 bits per heavy atom. The summed E-state index contributed by atoms with van der Waals surface area (Å²) >= 11 is 0. The first kappa shape index (κ1) is 37.8. The van der Waals surface area contributed by atoms with Gasteiger partial charge in [0.2, 0.25) is 0 Å². The second-order valence-corrected chi connectivity index (χ2v) is 10.1. The van der Waals surface area contributed by atoms with Crippen LogP contribution in [0.3, 0.4) is 0 Å². The fourth-order valence-corrected chi connectivity index (χ4v) is 3.45. The first-order chi connectivity index (χ1) is 18.1. The van der Waals surface area contributed by atoms with Crippen molar-refractivity contribution < 1.29 is 28.6 Å². The van der Waals surface area contributed by atoms with Crippen LogP contribution >= 0.6 is 0 Å². The Bertz CT molecular complexity index is 651. The molecule has 38 heavy (non-hydrogen) atoms. The van der Waals surface area contributed by atoms with Gasteiger partial charge in [-0.1, -0.05) is 123 Å². The van der Waals surface area contributed by atoms with Crippen LogP contribution in [-0.2, 0) is 28.6 Å². The molecule has 0 saturated heterocycles. The third-order valence-corrected chi connectivity index (χ3v) is 5.83. The molecule has 0 amide bonds. The summed E-state index contributed by atoms with van der Waals surface area (Å²) in [6.07, 6.45) is 21.7. The van der Waals surface area contributed by atoms with Crippen molar-refractivity contribution in [2.75, 3.05) is 19.8 Å². The molecule has 6 nitrogen and oxygen atoms in total. The minimum Gasteiger partial charge on any atom is -0.462 e. The predicted octanol–water partition coefficient (Wildman–Crippen LogP) is 8.59. The summed E-state index contributed by atoms with van der Waals surface area (Å²) in [7, 11) is 0. The monoisotopic (exact) mass is 536 g/mol. The molecule has 0 aromatic heterocycles. The molecule has 0 spiro atoms.